The standard InChI is InChI=1S/C9H18N2O2/c1-7(2)8(10)9(12)11-3-5-13-6-4-11/h7-8H,3-6,10H2,1-2H3. The van der Waals surface area contributed by atoms with Gasteiger partial charge in [-0.25, -0.2) is 0 Å². The minimum absolute atomic E-state index is 0.0540. The van der Waals surface area contributed by atoms with Gasteiger partial charge in [-0.05, 0) is 5.92 Å². The van der Waals surface area contributed by atoms with Gasteiger partial charge >= 0.3 is 0 Å². The lowest BCUT2D eigenvalue weighted by molar-refractivity contribution is -0.137. The normalized spacial score (nSPS) is 20.5. The van der Waals surface area contributed by atoms with E-state index >= 15 is 0 Å². The zero-order chi connectivity index (χ0) is 9.84. The molecule has 4 heteroatoms. The average molecular weight is 186 g/mol. The van der Waals surface area contributed by atoms with E-state index in [0.29, 0.717) is 26.3 Å². The maximum atomic E-state index is 11.7. The molecular formula is C9H18N2O2. The Balaban J connectivity index is 2.45. The van der Waals surface area contributed by atoms with Crippen molar-refractivity contribution in [2.45, 2.75) is 19.9 Å². The molecule has 0 aliphatic carbocycles. The molecule has 13 heavy (non-hydrogen) atoms. The predicted octanol–water partition coefficient (Wildman–Crippen LogP) is -0.171. The topological polar surface area (TPSA) is 55.6 Å². The van der Waals surface area contributed by atoms with Crippen LogP contribution in [0.4, 0.5) is 0 Å². The quantitative estimate of drug-likeness (QED) is 0.651. The van der Waals surface area contributed by atoms with E-state index in [-0.39, 0.29) is 17.9 Å². The third-order valence-corrected chi connectivity index (χ3v) is 2.33. The van der Waals surface area contributed by atoms with Crippen LogP contribution in [0.15, 0.2) is 0 Å². The molecule has 1 rings (SSSR count). The van der Waals surface area contributed by atoms with Gasteiger partial charge in [-0.3, -0.25) is 4.79 Å². The molecule has 1 aliphatic rings. The third-order valence-electron chi connectivity index (χ3n) is 2.33. The van der Waals surface area contributed by atoms with Crippen molar-refractivity contribution >= 4 is 5.91 Å². The summed E-state index contributed by atoms with van der Waals surface area (Å²) >= 11 is 0. The van der Waals surface area contributed by atoms with Crippen LogP contribution < -0.4 is 5.73 Å². The number of amides is 1. The van der Waals surface area contributed by atoms with E-state index in [1.165, 1.54) is 0 Å². The molecule has 2 N–H and O–H groups in total. The Morgan fingerprint density at radius 1 is 1.38 bits per heavy atom. The van der Waals surface area contributed by atoms with Gasteiger partial charge in [0, 0.05) is 13.1 Å². The van der Waals surface area contributed by atoms with Crippen LogP contribution in [0, 0.1) is 5.92 Å². The number of nitrogens with zero attached hydrogens (tertiary/aromatic N) is 1. The van der Waals surface area contributed by atoms with Gasteiger partial charge in [0.05, 0.1) is 19.3 Å². The highest BCUT2D eigenvalue weighted by Gasteiger charge is 2.24. The second-order valence-corrected chi connectivity index (χ2v) is 3.71. The second kappa shape index (κ2) is 4.58. The van der Waals surface area contributed by atoms with Gasteiger partial charge in [0.15, 0.2) is 0 Å². The molecule has 0 radical (unpaired) electrons. The van der Waals surface area contributed by atoms with Crippen molar-refractivity contribution in [3.05, 3.63) is 0 Å². The fourth-order valence-corrected chi connectivity index (χ4v) is 1.28. The molecule has 1 amide bonds. The molecule has 0 aromatic carbocycles. The SMILES string of the molecule is CC(C)C(N)C(=O)N1CCOCC1. The number of morpholine rings is 1. The average Bonchev–Trinajstić information content (AvgIpc) is 2.17. The van der Waals surface area contributed by atoms with E-state index in [1.807, 2.05) is 13.8 Å². The lowest BCUT2D eigenvalue weighted by Crippen LogP contribution is -2.50. The second-order valence-electron chi connectivity index (χ2n) is 3.71. The van der Waals surface area contributed by atoms with E-state index < -0.39 is 0 Å². The molecule has 1 saturated heterocycles. The monoisotopic (exact) mass is 186 g/mol. The van der Waals surface area contributed by atoms with Gasteiger partial charge in [0.25, 0.3) is 0 Å². The highest BCUT2D eigenvalue weighted by atomic mass is 16.5. The first kappa shape index (κ1) is 10.5. The van der Waals surface area contributed by atoms with Gasteiger partial charge in [-0.1, -0.05) is 13.8 Å². The Morgan fingerprint density at radius 2 is 1.92 bits per heavy atom. The van der Waals surface area contributed by atoms with Crippen LogP contribution in [0.1, 0.15) is 13.8 Å². The molecule has 0 aromatic heterocycles. The first-order chi connectivity index (χ1) is 6.13. The summed E-state index contributed by atoms with van der Waals surface area (Å²) in [4.78, 5) is 13.5. The van der Waals surface area contributed by atoms with Gasteiger partial charge in [-0.2, -0.15) is 0 Å². The van der Waals surface area contributed by atoms with Crippen molar-refractivity contribution in [3.63, 3.8) is 0 Å². The van der Waals surface area contributed by atoms with Gasteiger partial charge < -0.3 is 15.4 Å². The Hall–Kier alpha value is -0.610. The highest BCUT2D eigenvalue weighted by molar-refractivity contribution is 5.81. The zero-order valence-corrected chi connectivity index (χ0v) is 8.32. The van der Waals surface area contributed by atoms with Crippen LogP contribution >= 0.6 is 0 Å². The maximum absolute atomic E-state index is 11.7. The Labute approximate surface area is 79.0 Å². The molecule has 1 atom stereocenters. The smallest absolute Gasteiger partial charge is 0.239 e. The van der Waals surface area contributed by atoms with Crippen molar-refractivity contribution < 1.29 is 9.53 Å². The molecular weight excluding hydrogens is 168 g/mol. The summed E-state index contributed by atoms with van der Waals surface area (Å²) in [5.41, 5.74) is 5.76. The molecule has 0 bridgehead atoms. The fourth-order valence-electron chi connectivity index (χ4n) is 1.28. The summed E-state index contributed by atoms with van der Waals surface area (Å²) in [6.45, 7) is 6.55. The lowest BCUT2D eigenvalue weighted by atomic mass is 10.0. The van der Waals surface area contributed by atoms with Gasteiger partial charge in [0.1, 0.15) is 0 Å². The van der Waals surface area contributed by atoms with E-state index in [1.54, 1.807) is 4.90 Å². The van der Waals surface area contributed by atoms with Crippen LogP contribution in [0.3, 0.4) is 0 Å². The summed E-state index contributed by atoms with van der Waals surface area (Å²) in [7, 11) is 0. The molecule has 76 valence electrons. The Bertz CT molecular complexity index is 176. The van der Waals surface area contributed by atoms with Crippen LogP contribution in [0.5, 0.6) is 0 Å². The van der Waals surface area contributed by atoms with Gasteiger partial charge in [0.2, 0.25) is 5.91 Å². The number of nitrogens with two attached hydrogens (primary N) is 1. The summed E-state index contributed by atoms with van der Waals surface area (Å²) in [5, 5.41) is 0. The van der Waals surface area contributed by atoms with Crippen molar-refractivity contribution in [1.82, 2.24) is 4.90 Å². The van der Waals surface area contributed by atoms with E-state index in [2.05, 4.69) is 0 Å². The van der Waals surface area contributed by atoms with Crippen molar-refractivity contribution in [2.24, 2.45) is 11.7 Å². The molecule has 1 fully saturated rings. The summed E-state index contributed by atoms with van der Waals surface area (Å²) in [5.74, 6) is 0.258. The molecule has 1 unspecified atom stereocenters. The minimum Gasteiger partial charge on any atom is -0.378 e. The third kappa shape index (κ3) is 2.67. The molecule has 0 spiro atoms. The number of hydrogen-bond acceptors (Lipinski definition) is 3. The number of ether oxygens (including phenoxy) is 1. The largest absolute Gasteiger partial charge is 0.378 e. The van der Waals surface area contributed by atoms with Crippen LogP contribution in [-0.4, -0.2) is 43.2 Å². The number of hydrogen-bond donors (Lipinski definition) is 1. The molecule has 1 heterocycles. The lowest BCUT2D eigenvalue weighted by Gasteiger charge is -2.30. The summed E-state index contributed by atoms with van der Waals surface area (Å²) < 4.78 is 5.16. The number of carbonyl (C=O) groups is 1. The van der Waals surface area contributed by atoms with Crippen molar-refractivity contribution in [1.29, 1.82) is 0 Å². The zero-order valence-electron chi connectivity index (χ0n) is 8.32. The van der Waals surface area contributed by atoms with E-state index in [0.717, 1.165) is 0 Å². The Kier molecular flexibility index (Phi) is 3.69. The molecule has 0 saturated carbocycles. The first-order valence-corrected chi connectivity index (χ1v) is 4.75. The van der Waals surface area contributed by atoms with Crippen LogP contribution in [0.25, 0.3) is 0 Å². The predicted molar refractivity (Wildman–Crippen MR) is 50.2 cm³/mol. The number of rotatable bonds is 2. The van der Waals surface area contributed by atoms with E-state index in [9.17, 15) is 4.79 Å². The van der Waals surface area contributed by atoms with Crippen LogP contribution in [0.2, 0.25) is 0 Å². The minimum atomic E-state index is -0.363. The Morgan fingerprint density at radius 3 is 2.38 bits per heavy atom. The van der Waals surface area contributed by atoms with E-state index in [4.69, 9.17) is 10.5 Å². The van der Waals surface area contributed by atoms with Crippen LogP contribution in [-0.2, 0) is 9.53 Å². The fraction of sp³-hybridized carbons (Fsp3) is 0.889. The maximum Gasteiger partial charge on any atom is 0.239 e. The highest BCUT2D eigenvalue weighted by Crippen LogP contribution is 2.05. The first-order valence-electron chi connectivity index (χ1n) is 4.75. The molecule has 4 nitrogen and oxygen atoms in total. The summed E-state index contributed by atoms with van der Waals surface area (Å²) in [6, 6.07) is -0.363. The summed E-state index contributed by atoms with van der Waals surface area (Å²) in [6.07, 6.45) is 0. The van der Waals surface area contributed by atoms with Gasteiger partial charge in [-0.15, -0.1) is 0 Å². The molecule has 0 aromatic rings. The molecule has 1 aliphatic heterocycles. The van der Waals surface area contributed by atoms with Crippen molar-refractivity contribution in [2.75, 3.05) is 26.3 Å². The van der Waals surface area contributed by atoms with Crippen molar-refractivity contribution in [3.8, 4) is 0 Å². The number of carbonyl (C=O) groups excluding carboxylic acids is 1.